The summed E-state index contributed by atoms with van der Waals surface area (Å²) in [6.45, 7) is 9.84. The first-order chi connectivity index (χ1) is 7.35. The van der Waals surface area contributed by atoms with Gasteiger partial charge < -0.3 is 14.6 Å². The van der Waals surface area contributed by atoms with E-state index >= 15 is 0 Å². The van der Waals surface area contributed by atoms with Crippen molar-refractivity contribution in [3.8, 4) is 0 Å². The molecule has 0 heterocycles. The maximum Gasteiger partial charge on any atom is 0.0644 e. The van der Waals surface area contributed by atoms with Crippen LogP contribution in [0, 0.1) is 5.92 Å². The fourth-order valence-corrected chi connectivity index (χ4v) is 1.23. The molecule has 0 aliphatic heterocycles. The normalized spacial score (nSPS) is 12.3. The highest BCUT2D eigenvalue weighted by atomic mass is 16.5. The van der Waals surface area contributed by atoms with Crippen LogP contribution in [0.2, 0.25) is 0 Å². The molecule has 0 aliphatic carbocycles. The summed E-state index contributed by atoms with van der Waals surface area (Å²) in [6, 6.07) is 0. The summed E-state index contributed by atoms with van der Waals surface area (Å²) in [5.41, 5.74) is 0. The van der Waals surface area contributed by atoms with Gasteiger partial charge in [0.15, 0.2) is 0 Å². The van der Waals surface area contributed by atoms with Crippen LogP contribution in [0.4, 0.5) is 0 Å². The van der Waals surface area contributed by atoms with Crippen LogP contribution in [0.1, 0.15) is 12.8 Å². The topological polar surface area (TPSA) is 38.7 Å². The monoisotopic (exact) mass is 214 g/mol. The Labute approximate surface area is 92.4 Å². The number of rotatable bonds is 11. The Balaban J connectivity index is 3.52. The van der Waals surface area contributed by atoms with Gasteiger partial charge in [0.25, 0.3) is 0 Å². The predicted molar refractivity (Wildman–Crippen MR) is 61.8 cm³/mol. The van der Waals surface area contributed by atoms with Crippen molar-refractivity contribution in [2.24, 2.45) is 5.92 Å². The lowest BCUT2D eigenvalue weighted by Gasteiger charge is -2.15. The highest BCUT2D eigenvalue weighted by molar-refractivity contribution is 4.66. The van der Waals surface area contributed by atoms with E-state index in [1.54, 1.807) is 12.2 Å². The van der Waals surface area contributed by atoms with E-state index in [0.29, 0.717) is 32.3 Å². The molecule has 0 aromatic heterocycles. The first-order valence-electron chi connectivity index (χ1n) is 5.33. The molecular weight excluding hydrogens is 192 g/mol. The minimum absolute atomic E-state index is 0.198. The zero-order valence-corrected chi connectivity index (χ0v) is 9.36. The molecule has 88 valence electrons. The largest absolute Gasteiger partial charge is 0.396 e. The van der Waals surface area contributed by atoms with Gasteiger partial charge in [0.1, 0.15) is 0 Å². The molecule has 3 nitrogen and oxygen atoms in total. The number of hydrogen-bond donors (Lipinski definition) is 1. The molecule has 1 N–H and O–H groups in total. The average molecular weight is 214 g/mol. The highest BCUT2D eigenvalue weighted by Gasteiger charge is 2.07. The van der Waals surface area contributed by atoms with Gasteiger partial charge >= 0.3 is 0 Å². The zero-order valence-electron chi connectivity index (χ0n) is 9.36. The molecule has 1 atom stereocenters. The van der Waals surface area contributed by atoms with Crippen molar-refractivity contribution in [3.05, 3.63) is 25.3 Å². The number of hydrogen-bond acceptors (Lipinski definition) is 3. The number of ether oxygens (including phenoxy) is 2. The van der Waals surface area contributed by atoms with Crippen LogP contribution in [0.15, 0.2) is 25.3 Å². The second-order valence-corrected chi connectivity index (χ2v) is 3.36. The van der Waals surface area contributed by atoms with Gasteiger partial charge in [-0.2, -0.15) is 0 Å². The summed E-state index contributed by atoms with van der Waals surface area (Å²) in [5.74, 6) is 0.361. The fourth-order valence-electron chi connectivity index (χ4n) is 1.23. The summed E-state index contributed by atoms with van der Waals surface area (Å²) in [6.07, 6.45) is 5.12. The summed E-state index contributed by atoms with van der Waals surface area (Å²) in [4.78, 5) is 0. The summed E-state index contributed by atoms with van der Waals surface area (Å²) in [7, 11) is 0. The predicted octanol–water partition coefficient (Wildman–Crippen LogP) is 1.78. The second kappa shape index (κ2) is 11.4. The first-order valence-corrected chi connectivity index (χ1v) is 5.33. The summed E-state index contributed by atoms with van der Waals surface area (Å²) in [5, 5.41) is 8.86. The molecular formula is C12H22O3. The first kappa shape index (κ1) is 14.4. The van der Waals surface area contributed by atoms with Crippen molar-refractivity contribution in [2.75, 3.05) is 33.0 Å². The van der Waals surface area contributed by atoms with Crippen molar-refractivity contribution in [2.45, 2.75) is 12.8 Å². The molecule has 0 aromatic rings. The minimum Gasteiger partial charge on any atom is -0.396 e. The van der Waals surface area contributed by atoms with Crippen LogP contribution in [-0.2, 0) is 9.47 Å². The maximum absolute atomic E-state index is 8.86. The third kappa shape index (κ3) is 9.66. The van der Waals surface area contributed by atoms with Gasteiger partial charge in [-0.25, -0.2) is 0 Å². The molecule has 0 aliphatic rings. The lowest BCUT2D eigenvalue weighted by Crippen LogP contribution is -2.14. The smallest absolute Gasteiger partial charge is 0.0644 e. The second-order valence-electron chi connectivity index (χ2n) is 3.36. The van der Waals surface area contributed by atoms with Crippen LogP contribution in [0.5, 0.6) is 0 Å². The maximum atomic E-state index is 8.86. The highest BCUT2D eigenvalue weighted by Crippen LogP contribution is 2.09. The lowest BCUT2D eigenvalue weighted by atomic mass is 10.0. The van der Waals surface area contributed by atoms with E-state index in [1.165, 1.54) is 0 Å². The van der Waals surface area contributed by atoms with E-state index in [-0.39, 0.29) is 6.61 Å². The van der Waals surface area contributed by atoms with Crippen molar-refractivity contribution >= 4 is 0 Å². The standard InChI is InChI=1S/C12H22O3/c1-3-8-14-10-6-12(5-7-13)11-15-9-4-2/h3-4,12-13H,1-2,5-11H2. The third-order valence-corrected chi connectivity index (χ3v) is 2.03. The van der Waals surface area contributed by atoms with Gasteiger partial charge in [-0.15, -0.1) is 13.2 Å². The Kier molecular flexibility index (Phi) is 10.9. The van der Waals surface area contributed by atoms with Crippen molar-refractivity contribution in [1.29, 1.82) is 0 Å². The van der Waals surface area contributed by atoms with E-state index in [4.69, 9.17) is 14.6 Å². The molecule has 3 heteroatoms. The molecule has 0 bridgehead atoms. The Morgan fingerprint density at radius 3 is 2.33 bits per heavy atom. The minimum atomic E-state index is 0.198. The van der Waals surface area contributed by atoms with E-state index in [1.807, 2.05) is 0 Å². The fraction of sp³-hybridized carbons (Fsp3) is 0.667. The molecule has 0 amide bonds. The van der Waals surface area contributed by atoms with Gasteiger partial charge in [-0.1, -0.05) is 12.2 Å². The van der Waals surface area contributed by atoms with Gasteiger partial charge in [0.05, 0.1) is 13.2 Å². The van der Waals surface area contributed by atoms with Crippen molar-refractivity contribution in [3.63, 3.8) is 0 Å². The van der Waals surface area contributed by atoms with Crippen molar-refractivity contribution < 1.29 is 14.6 Å². The van der Waals surface area contributed by atoms with E-state index in [2.05, 4.69) is 13.2 Å². The zero-order chi connectivity index (χ0) is 11.4. The summed E-state index contributed by atoms with van der Waals surface area (Å²) < 4.78 is 10.6. The molecule has 0 radical (unpaired) electrons. The van der Waals surface area contributed by atoms with Crippen LogP contribution in [-0.4, -0.2) is 38.1 Å². The van der Waals surface area contributed by atoms with Gasteiger partial charge in [0, 0.05) is 19.8 Å². The lowest BCUT2D eigenvalue weighted by molar-refractivity contribution is 0.0792. The molecule has 0 saturated carbocycles. The number of aliphatic hydroxyl groups is 1. The van der Waals surface area contributed by atoms with Crippen LogP contribution in [0.25, 0.3) is 0 Å². The molecule has 1 unspecified atom stereocenters. The number of aliphatic hydroxyl groups excluding tert-OH is 1. The summed E-state index contributed by atoms with van der Waals surface area (Å²) >= 11 is 0. The Morgan fingerprint density at radius 2 is 1.73 bits per heavy atom. The van der Waals surface area contributed by atoms with E-state index < -0.39 is 0 Å². The SMILES string of the molecule is C=CCOCCC(CCO)COCC=C. The van der Waals surface area contributed by atoms with Gasteiger partial charge in [0.2, 0.25) is 0 Å². The molecule has 0 rings (SSSR count). The van der Waals surface area contributed by atoms with Crippen LogP contribution >= 0.6 is 0 Å². The molecule has 0 aromatic carbocycles. The van der Waals surface area contributed by atoms with E-state index in [0.717, 1.165) is 12.8 Å². The van der Waals surface area contributed by atoms with E-state index in [9.17, 15) is 0 Å². The molecule has 0 fully saturated rings. The quantitative estimate of drug-likeness (QED) is 0.421. The average Bonchev–Trinajstić information content (AvgIpc) is 2.24. The molecule has 0 spiro atoms. The van der Waals surface area contributed by atoms with Crippen molar-refractivity contribution in [1.82, 2.24) is 0 Å². The molecule has 15 heavy (non-hydrogen) atoms. The van der Waals surface area contributed by atoms with Crippen LogP contribution < -0.4 is 0 Å². The molecule has 0 saturated heterocycles. The van der Waals surface area contributed by atoms with Crippen LogP contribution in [0.3, 0.4) is 0 Å². The third-order valence-electron chi connectivity index (χ3n) is 2.03. The van der Waals surface area contributed by atoms with Gasteiger partial charge in [-0.05, 0) is 18.8 Å². The Bertz CT molecular complexity index is 157. The Morgan fingerprint density at radius 1 is 1.07 bits per heavy atom. The Hall–Kier alpha value is -0.640. The van der Waals surface area contributed by atoms with Gasteiger partial charge in [-0.3, -0.25) is 0 Å².